The van der Waals surface area contributed by atoms with Crippen molar-refractivity contribution in [3.63, 3.8) is 0 Å². The van der Waals surface area contributed by atoms with E-state index in [1.807, 2.05) is 30.5 Å². The molecule has 9 heteroatoms. The maximum Gasteiger partial charge on any atom is 0.349 e. The molecule has 0 aliphatic rings. The molecule has 2 heterocycles. The van der Waals surface area contributed by atoms with Crippen LogP contribution in [0.3, 0.4) is 0 Å². The summed E-state index contributed by atoms with van der Waals surface area (Å²) in [6.45, 7) is -0.0267. The Kier molecular flexibility index (Phi) is 5.28. The van der Waals surface area contributed by atoms with Gasteiger partial charge < -0.3 is 15.0 Å². The molecule has 0 spiro atoms. The molecule has 3 aromatic rings. The van der Waals surface area contributed by atoms with E-state index in [4.69, 9.17) is 4.74 Å². The lowest BCUT2D eigenvalue weighted by Crippen LogP contribution is -2.30. The molecule has 0 aliphatic carbocycles. The maximum absolute atomic E-state index is 11.8. The standard InChI is InChI=1S/C17H15N3O5S/c21-15(10-25-17(22)14-5-6-16(26-14)20(23)24)18-8-7-11-9-19-13-4-2-1-3-12(11)13/h1-6,9,19H,7-8,10H2,(H,18,21). The Morgan fingerprint density at radius 2 is 2.04 bits per heavy atom. The Balaban J connectivity index is 1.44. The number of carbonyl (C=O) groups excluding carboxylic acids is 2. The number of nitrogens with one attached hydrogen (secondary N) is 2. The van der Waals surface area contributed by atoms with Gasteiger partial charge in [0, 0.05) is 29.7 Å². The van der Waals surface area contributed by atoms with Crippen molar-refractivity contribution in [3.05, 3.63) is 63.1 Å². The molecule has 0 bridgehead atoms. The number of thiophene rings is 1. The van der Waals surface area contributed by atoms with Gasteiger partial charge in [0.2, 0.25) is 0 Å². The molecule has 134 valence electrons. The van der Waals surface area contributed by atoms with Gasteiger partial charge in [-0.3, -0.25) is 14.9 Å². The number of esters is 1. The third-order valence-corrected chi connectivity index (χ3v) is 4.72. The van der Waals surface area contributed by atoms with E-state index >= 15 is 0 Å². The number of carbonyl (C=O) groups is 2. The quantitative estimate of drug-likeness (QED) is 0.375. The molecular weight excluding hydrogens is 358 g/mol. The van der Waals surface area contributed by atoms with Crippen molar-refractivity contribution in [1.82, 2.24) is 10.3 Å². The van der Waals surface area contributed by atoms with Crippen molar-refractivity contribution < 1.29 is 19.2 Å². The van der Waals surface area contributed by atoms with E-state index in [-0.39, 0.29) is 9.88 Å². The summed E-state index contributed by atoms with van der Waals surface area (Å²) in [6.07, 6.45) is 2.54. The summed E-state index contributed by atoms with van der Waals surface area (Å²) in [5.41, 5.74) is 2.12. The van der Waals surface area contributed by atoms with E-state index in [9.17, 15) is 19.7 Å². The summed E-state index contributed by atoms with van der Waals surface area (Å²) in [4.78, 5) is 36.8. The fourth-order valence-corrected chi connectivity index (χ4v) is 3.18. The smallest absolute Gasteiger partial charge is 0.349 e. The highest BCUT2D eigenvalue weighted by Crippen LogP contribution is 2.24. The normalized spacial score (nSPS) is 10.6. The van der Waals surface area contributed by atoms with Crippen LogP contribution in [-0.2, 0) is 16.0 Å². The van der Waals surface area contributed by atoms with Gasteiger partial charge in [0.25, 0.3) is 5.91 Å². The summed E-state index contributed by atoms with van der Waals surface area (Å²) >= 11 is 0.709. The van der Waals surface area contributed by atoms with E-state index in [1.54, 1.807) is 0 Å². The molecule has 3 rings (SSSR count). The highest BCUT2D eigenvalue weighted by Gasteiger charge is 2.17. The molecule has 0 fully saturated rings. The van der Waals surface area contributed by atoms with Gasteiger partial charge in [-0.1, -0.05) is 29.5 Å². The number of hydrogen-bond acceptors (Lipinski definition) is 6. The number of aromatic amines is 1. The van der Waals surface area contributed by atoms with Gasteiger partial charge in [0.15, 0.2) is 6.61 Å². The van der Waals surface area contributed by atoms with Crippen molar-refractivity contribution in [2.45, 2.75) is 6.42 Å². The lowest BCUT2D eigenvalue weighted by molar-refractivity contribution is -0.380. The molecule has 1 aromatic carbocycles. The first-order valence-electron chi connectivity index (χ1n) is 7.77. The second kappa shape index (κ2) is 7.79. The second-order valence-corrected chi connectivity index (χ2v) is 6.49. The first kappa shape index (κ1) is 17.6. The monoisotopic (exact) mass is 373 g/mol. The van der Waals surface area contributed by atoms with Crippen molar-refractivity contribution >= 4 is 39.1 Å². The summed E-state index contributed by atoms with van der Waals surface area (Å²) in [7, 11) is 0. The third kappa shape index (κ3) is 4.06. The molecular formula is C17H15N3O5S. The molecule has 0 saturated heterocycles. The summed E-state index contributed by atoms with van der Waals surface area (Å²) in [5.74, 6) is -1.18. The van der Waals surface area contributed by atoms with Gasteiger partial charge in [0.05, 0.1) is 4.92 Å². The van der Waals surface area contributed by atoms with Crippen molar-refractivity contribution in [2.75, 3.05) is 13.2 Å². The van der Waals surface area contributed by atoms with Crippen LogP contribution in [0.5, 0.6) is 0 Å². The van der Waals surface area contributed by atoms with Gasteiger partial charge in [-0.05, 0) is 24.1 Å². The largest absolute Gasteiger partial charge is 0.451 e. The SMILES string of the molecule is O=C(COC(=O)c1ccc([N+](=O)[O-])s1)NCCc1c[nH]c2ccccc12. The number of hydrogen-bond donors (Lipinski definition) is 2. The molecule has 0 unspecified atom stereocenters. The number of ether oxygens (including phenoxy) is 1. The van der Waals surface area contributed by atoms with Gasteiger partial charge in [-0.25, -0.2) is 4.79 Å². The van der Waals surface area contributed by atoms with Crippen LogP contribution < -0.4 is 5.32 Å². The Bertz CT molecular complexity index is 962. The fourth-order valence-electron chi connectivity index (χ4n) is 2.46. The lowest BCUT2D eigenvalue weighted by atomic mass is 10.1. The molecule has 8 nitrogen and oxygen atoms in total. The Hall–Kier alpha value is -3.20. The summed E-state index contributed by atoms with van der Waals surface area (Å²) < 4.78 is 4.87. The zero-order valence-corrected chi connectivity index (χ0v) is 14.4. The van der Waals surface area contributed by atoms with Gasteiger partial charge in [-0.15, -0.1) is 0 Å². The predicted molar refractivity (Wildman–Crippen MR) is 96.3 cm³/mol. The van der Waals surface area contributed by atoms with Crippen molar-refractivity contribution in [1.29, 1.82) is 0 Å². The number of benzene rings is 1. The van der Waals surface area contributed by atoms with Crippen molar-refractivity contribution in [2.24, 2.45) is 0 Å². The van der Waals surface area contributed by atoms with Gasteiger partial charge >= 0.3 is 11.0 Å². The van der Waals surface area contributed by atoms with Crippen LogP contribution >= 0.6 is 11.3 Å². The number of nitro groups is 1. The van der Waals surface area contributed by atoms with Crippen LogP contribution in [0.2, 0.25) is 0 Å². The topological polar surface area (TPSA) is 114 Å². The Labute approximate surface area is 151 Å². The zero-order valence-electron chi connectivity index (χ0n) is 13.6. The van der Waals surface area contributed by atoms with E-state index in [1.165, 1.54) is 12.1 Å². The van der Waals surface area contributed by atoms with Crippen LogP contribution in [-0.4, -0.2) is 34.9 Å². The van der Waals surface area contributed by atoms with Crippen LogP contribution in [0.25, 0.3) is 10.9 Å². The number of nitrogens with zero attached hydrogens (tertiary/aromatic N) is 1. The number of rotatable bonds is 7. The minimum atomic E-state index is -0.755. The Morgan fingerprint density at radius 3 is 2.81 bits per heavy atom. The average molecular weight is 373 g/mol. The van der Waals surface area contributed by atoms with E-state index in [0.717, 1.165) is 16.5 Å². The van der Waals surface area contributed by atoms with Crippen molar-refractivity contribution in [3.8, 4) is 0 Å². The first-order chi connectivity index (χ1) is 12.5. The van der Waals surface area contributed by atoms with Crippen LogP contribution in [0.15, 0.2) is 42.6 Å². The highest BCUT2D eigenvalue weighted by molar-refractivity contribution is 7.17. The van der Waals surface area contributed by atoms with Crippen LogP contribution in [0.1, 0.15) is 15.2 Å². The number of para-hydroxylation sites is 1. The minimum absolute atomic E-state index is 0.0864. The maximum atomic E-state index is 11.8. The second-order valence-electron chi connectivity index (χ2n) is 5.43. The molecule has 2 N–H and O–H groups in total. The number of aromatic nitrogens is 1. The Morgan fingerprint density at radius 1 is 1.23 bits per heavy atom. The minimum Gasteiger partial charge on any atom is -0.451 e. The fraction of sp³-hybridized carbons (Fsp3) is 0.176. The summed E-state index contributed by atoms with van der Waals surface area (Å²) in [5, 5.41) is 14.2. The average Bonchev–Trinajstić information content (AvgIpc) is 3.27. The number of H-pyrrole nitrogens is 1. The van der Waals surface area contributed by atoms with Gasteiger partial charge in [0.1, 0.15) is 4.88 Å². The molecule has 0 saturated carbocycles. The zero-order chi connectivity index (χ0) is 18.5. The lowest BCUT2D eigenvalue weighted by Gasteiger charge is -2.05. The van der Waals surface area contributed by atoms with E-state index < -0.39 is 23.4 Å². The third-order valence-electron chi connectivity index (χ3n) is 3.70. The molecule has 1 amide bonds. The molecule has 0 aliphatic heterocycles. The van der Waals surface area contributed by atoms with E-state index in [2.05, 4.69) is 10.3 Å². The predicted octanol–water partition coefficient (Wildman–Crippen LogP) is 2.65. The highest BCUT2D eigenvalue weighted by atomic mass is 32.1. The van der Waals surface area contributed by atoms with E-state index in [0.29, 0.717) is 24.3 Å². The number of fused-ring (bicyclic) bond motifs is 1. The van der Waals surface area contributed by atoms with Crippen LogP contribution in [0, 0.1) is 10.1 Å². The van der Waals surface area contributed by atoms with Crippen LogP contribution in [0.4, 0.5) is 5.00 Å². The molecule has 0 radical (unpaired) electrons. The van der Waals surface area contributed by atoms with Gasteiger partial charge in [-0.2, -0.15) is 0 Å². The molecule has 26 heavy (non-hydrogen) atoms. The number of amides is 1. The molecule has 2 aromatic heterocycles. The molecule has 0 atom stereocenters. The first-order valence-corrected chi connectivity index (χ1v) is 8.59. The summed E-state index contributed by atoms with van der Waals surface area (Å²) in [6, 6.07) is 10.4.